The van der Waals surface area contributed by atoms with Crippen LogP contribution in [0.2, 0.25) is 0 Å². The van der Waals surface area contributed by atoms with Crippen molar-refractivity contribution in [2.24, 2.45) is 0 Å². The van der Waals surface area contributed by atoms with Crippen molar-refractivity contribution < 1.29 is 4.79 Å². The van der Waals surface area contributed by atoms with Crippen LogP contribution in [-0.4, -0.2) is 22.8 Å². The monoisotopic (exact) mass is 203 g/mol. The minimum absolute atomic E-state index is 0.0257. The number of rotatable bonds is 4. The molecule has 4 nitrogen and oxygen atoms in total. The smallest absolute Gasteiger partial charge is 0.223 e. The number of hydrogen-bond donors (Lipinski definition) is 0. The highest BCUT2D eigenvalue weighted by molar-refractivity contribution is 5.76. The number of nitrogens with zero attached hydrogens (tertiary/aromatic N) is 3. The van der Waals surface area contributed by atoms with Gasteiger partial charge in [0.1, 0.15) is 0 Å². The Bertz CT molecular complexity index is 356. The topological polar surface area (TPSA) is 57.0 Å². The van der Waals surface area contributed by atoms with Crippen LogP contribution in [0, 0.1) is 11.3 Å². The summed E-state index contributed by atoms with van der Waals surface area (Å²) in [6.07, 6.45) is 2.24. The Morgan fingerprint density at radius 3 is 3.00 bits per heavy atom. The SMILES string of the molecule is CN(Cc1ccccn1)C(=O)CCC#N. The highest BCUT2D eigenvalue weighted by Gasteiger charge is 2.08. The van der Waals surface area contributed by atoms with Gasteiger partial charge in [0.05, 0.1) is 18.3 Å². The average molecular weight is 203 g/mol. The van der Waals surface area contributed by atoms with Gasteiger partial charge in [-0.3, -0.25) is 9.78 Å². The van der Waals surface area contributed by atoms with E-state index in [1.165, 1.54) is 0 Å². The van der Waals surface area contributed by atoms with Crippen molar-refractivity contribution in [2.45, 2.75) is 19.4 Å². The van der Waals surface area contributed by atoms with Gasteiger partial charge in [0.15, 0.2) is 0 Å². The minimum atomic E-state index is -0.0257. The highest BCUT2D eigenvalue weighted by Crippen LogP contribution is 2.01. The summed E-state index contributed by atoms with van der Waals surface area (Å²) in [4.78, 5) is 17.2. The first-order valence-electron chi connectivity index (χ1n) is 4.75. The molecule has 0 aromatic carbocycles. The molecule has 0 aliphatic heterocycles. The van der Waals surface area contributed by atoms with E-state index in [0.717, 1.165) is 5.69 Å². The molecule has 0 saturated carbocycles. The Morgan fingerprint density at radius 2 is 2.40 bits per heavy atom. The summed E-state index contributed by atoms with van der Waals surface area (Å²) < 4.78 is 0. The lowest BCUT2D eigenvalue weighted by molar-refractivity contribution is -0.130. The lowest BCUT2D eigenvalue weighted by Crippen LogP contribution is -2.26. The number of carbonyl (C=O) groups is 1. The first-order chi connectivity index (χ1) is 7.24. The lowest BCUT2D eigenvalue weighted by atomic mass is 10.3. The maximum Gasteiger partial charge on any atom is 0.223 e. The molecule has 1 amide bonds. The summed E-state index contributed by atoms with van der Waals surface area (Å²) in [5.41, 5.74) is 0.852. The van der Waals surface area contributed by atoms with E-state index in [9.17, 15) is 4.79 Å². The van der Waals surface area contributed by atoms with Crippen molar-refractivity contribution in [1.29, 1.82) is 5.26 Å². The predicted octanol–water partition coefficient (Wildman–Crippen LogP) is 1.34. The minimum Gasteiger partial charge on any atom is -0.340 e. The van der Waals surface area contributed by atoms with Gasteiger partial charge >= 0.3 is 0 Å². The van der Waals surface area contributed by atoms with Crippen LogP contribution < -0.4 is 0 Å². The molecule has 1 heterocycles. The molecule has 0 saturated heterocycles. The summed E-state index contributed by atoms with van der Waals surface area (Å²) in [6, 6.07) is 7.54. The molecule has 0 fully saturated rings. The molecule has 15 heavy (non-hydrogen) atoms. The molecule has 1 rings (SSSR count). The standard InChI is InChI=1S/C11H13N3O/c1-14(11(15)6-4-7-12)9-10-5-2-3-8-13-10/h2-3,5,8H,4,6,9H2,1H3. The Kier molecular flexibility index (Phi) is 4.30. The van der Waals surface area contributed by atoms with Gasteiger partial charge in [0.2, 0.25) is 5.91 Å². The van der Waals surface area contributed by atoms with Crippen molar-refractivity contribution in [3.63, 3.8) is 0 Å². The van der Waals surface area contributed by atoms with Crippen LogP contribution in [0.25, 0.3) is 0 Å². The number of aromatic nitrogens is 1. The molecule has 0 bridgehead atoms. The average Bonchev–Trinajstić information content (AvgIpc) is 2.27. The van der Waals surface area contributed by atoms with Gasteiger partial charge in [-0.15, -0.1) is 0 Å². The fraction of sp³-hybridized carbons (Fsp3) is 0.364. The fourth-order valence-corrected chi connectivity index (χ4v) is 1.18. The fourth-order valence-electron chi connectivity index (χ4n) is 1.18. The first kappa shape index (κ1) is 11.2. The second-order valence-electron chi connectivity index (χ2n) is 3.23. The Morgan fingerprint density at radius 1 is 1.60 bits per heavy atom. The van der Waals surface area contributed by atoms with Crippen LogP contribution in [0.5, 0.6) is 0 Å². The molecule has 0 aliphatic carbocycles. The van der Waals surface area contributed by atoms with E-state index in [1.54, 1.807) is 18.1 Å². The summed E-state index contributed by atoms with van der Waals surface area (Å²) >= 11 is 0. The zero-order valence-corrected chi connectivity index (χ0v) is 8.68. The van der Waals surface area contributed by atoms with Gasteiger partial charge in [-0.2, -0.15) is 5.26 Å². The van der Waals surface area contributed by atoms with Gasteiger partial charge in [0.25, 0.3) is 0 Å². The molecule has 78 valence electrons. The number of nitriles is 1. The van der Waals surface area contributed by atoms with Crippen LogP contribution in [0.4, 0.5) is 0 Å². The molecule has 4 heteroatoms. The molecule has 0 N–H and O–H groups in total. The van der Waals surface area contributed by atoms with Gasteiger partial charge < -0.3 is 4.90 Å². The molecule has 1 aromatic heterocycles. The van der Waals surface area contributed by atoms with Crippen LogP contribution in [0.1, 0.15) is 18.5 Å². The van der Waals surface area contributed by atoms with Crippen molar-refractivity contribution in [1.82, 2.24) is 9.88 Å². The van der Waals surface area contributed by atoms with E-state index in [4.69, 9.17) is 5.26 Å². The predicted molar refractivity (Wildman–Crippen MR) is 55.6 cm³/mol. The van der Waals surface area contributed by atoms with E-state index in [-0.39, 0.29) is 18.7 Å². The largest absolute Gasteiger partial charge is 0.340 e. The van der Waals surface area contributed by atoms with Crippen molar-refractivity contribution in [3.05, 3.63) is 30.1 Å². The zero-order valence-electron chi connectivity index (χ0n) is 8.68. The maximum absolute atomic E-state index is 11.5. The third kappa shape index (κ3) is 3.77. The molecule has 0 spiro atoms. The molecular formula is C11H13N3O. The maximum atomic E-state index is 11.5. The molecular weight excluding hydrogens is 190 g/mol. The third-order valence-corrected chi connectivity index (χ3v) is 2.00. The van der Waals surface area contributed by atoms with E-state index < -0.39 is 0 Å². The van der Waals surface area contributed by atoms with Gasteiger partial charge in [-0.25, -0.2) is 0 Å². The first-order valence-corrected chi connectivity index (χ1v) is 4.75. The molecule has 0 atom stereocenters. The zero-order chi connectivity index (χ0) is 11.1. The normalized spacial score (nSPS) is 9.33. The Labute approximate surface area is 89.2 Å². The van der Waals surface area contributed by atoms with Crippen molar-refractivity contribution >= 4 is 5.91 Å². The molecule has 1 aromatic rings. The second-order valence-corrected chi connectivity index (χ2v) is 3.23. The van der Waals surface area contributed by atoms with E-state index in [1.807, 2.05) is 24.3 Å². The van der Waals surface area contributed by atoms with Gasteiger partial charge in [0, 0.05) is 26.1 Å². The van der Waals surface area contributed by atoms with E-state index in [2.05, 4.69) is 4.98 Å². The van der Waals surface area contributed by atoms with Crippen LogP contribution in [0.15, 0.2) is 24.4 Å². The van der Waals surface area contributed by atoms with Crippen LogP contribution in [0.3, 0.4) is 0 Å². The quantitative estimate of drug-likeness (QED) is 0.742. The van der Waals surface area contributed by atoms with E-state index >= 15 is 0 Å². The summed E-state index contributed by atoms with van der Waals surface area (Å²) in [6.45, 7) is 0.491. The van der Waals surface area contributed by atoms with Gasteiger partial charge in [-0.05, 0) is 12.1 Å². The Hall–Kier alpha value is -1.89. The lowest BCUT2D eigenvalue weighted by Gasteiger charge is -2.15. The number of hydrogen-bond acceptors (Lipinski definition) is 3. The molecule has 0 radical (unpaired) electrons. The summed E-state index contributed by atoms with van der Waals surface area (Å²) in [5, 5.41) is 8.35. The third-order valence-electron chi connectivity index (χ3n) is 2.00. The summed E-state index contributed by atoms with van der Waals surface area (Å²) in [5.74, 6) is -0.0257. The number of amides is 1. The highest BCUT2D eigenvalue weighted by atomic mass is 16.2. The molecule has 0 unspecified atom stereocenters. The van der Waals surface area contributed by atoms with Gasteiger partial charge in [-0.1, -0.05) is 6.07 Å². The number of carbonyl (C=O) groups excluding carboxylic acids is 1. The van der Waals surface area contributed by atoms with Crippen LogP contribution in [-0.2, 0) is 11.3 Å². The van der Waals surface area contributed by atoms with Crippen LogP contribution >= 0.6 is 0 Å². The molecule has 0 aliphatic rings. The van der Waals surface area contributed by atoms with Crippen molar-refractivity contribution in [2.75, 3.05) is 7.05 Å². The second kappa shape index (κ2) is 5.76. The Balaban J connectivity index is 2.46. The summed E-state index contributed by atoms with van der Waals surface area (Å²) in [7, 11) is 1.72. The van der Waals surface area contributed by atoms with Crippen molar-refractivity contribution in [3.8, 4) is 6.07 Å². The van der Waals surface area contributed by atoms with E-state index in [0.29, 0.717) is 6.54 Å². The number of pyridine rings is 1.